The van der Waals surface area contributed by atoms with Crippen molar-refractivity contribution in [1.82, 2.24) is 0 Å². The molecule has 62 valence electrons. The summed E-state index contributed by atoms with van der Waals surface area (Å²) in [5, 5.41) is 8.68. The molecule has 0 aromatic carbocycles. The van der Waals surface area contributed by atoms with E-state index in [1.165, 1.54) is 0 Å². The maximum atomic E-state index is 8.68. The SMILES string of the molecule is C=CC(=C)OC1=C(C#N)CCC1. The monoisotopic (exact) mass is 161 g/mol. The fourth-order valence-corrected chi connectivity index (χ4v) is 1.15. The molecule has 12 heavy (non-hydrogen) atoms. The molecular weight excluding hydrogens is 150 g/mol. The van der Waals surface area contributed by atoms with Gasteiger partial charge in [-0.2, -0.15) is 5.26 Å². The molecule has 0 spiro atoms. The zero-order valence-electron chi connectivity index (χ0n) is 6.97. The molecule has 0 amide bonds. The van der Waals surface area contributed by atoms with Crippen molar-refractivity contribution in [3.05, 3.63) is 36.3 Å². The van der Waals surface area contributed by atoms with Crippen LogP contribution in [0.2, 0.25) is 0 Å². The van der Waals surface area contributed by atoms with Gasteiger partial charge in [0, 0.05) is 6.42 Å². The standard InChI is InChI=1S/C10H11NO/c1-3-8(2)12-10-6-4-5-9(10)7-11/h3H,1-2,4-6H2. The lowest BCUT2D eigenvalue weighted by Crippen LogP contribution is -1.88. The van der Waals surface area contributed by atoms with Crippen LogP contribution < -0.4 is 0 Å². The molecule has 0 unspecified atom stereocenters. The Balaban J connectivity index is 2.68. The second kappa shape index (κ2) is 3.77. The molecule has 2 nitrogen and oxygen atoms in total. The fraction of sp³-hybridized carbons (Fsp3) is 0.300. The van der Waals surface area contributed by atoms with E-state index in [9.17, 15) is 0 Å². The third kappa shape index (κ3) is 1.76. The Labute approximate surface area is 72.5 Å². The minimum absolute atomic E-state index is 0.514. The molecule has 2 heteroatoms. The molecule has 0 saturated heterocycles. The van der Waals surface area contributed by atoms with Gasteiger partial charge in [-0.3, -0.25) is 0 Å². The van der Waals surface area contributed by atoms with Crippen LogP contribution in [0, 0.1) is 11.3 Å². The Morgan fingerprint density at radius 1 is 1.58 bits per heavy atom. The van der Waals surface area contributed by atoms with Crippen LogP contribution in [0.4, 0.5) is 0 Å². The Morgan fingerprint density at radius 3 is 2.92 bits per heavy atom. The molecular formula is C10H11NO. The molecule has 0 aliphatic heterocycles. The summed E-state index contributed by atoms with van der Waals surface area (Å²) in [5.41, 5.74) is 0.748. The molecule has 0 aromatic heterocycles. The van der Waals surface area contributed by atoms with Crippen LogP contribution in [0.5, 0.6) is 0 Å². The fourth-order valence-electron chi connectivity index (χ4n) is 1.15. The average molecular weight is 161 g/mol. The summed E-state index contributed by atoms with van der Waals surface area (Å²) >= 11 is 0. The van der Waals surface area contributed by atoms with Crippen molar-refractivity contribution >= 4 is 0 Å². The molecule has 1 aliphatic carbocycles. The third-order valence-corrected chi connectivity index (χ3v) is 1.78. The van der Waals surface area contributed by atoms with Crippen LogP contribution in [0.15, 0.2) is 36.3 Å². The number of hydrogen-bond donors (Lipinski definition) is 0. The molecule has 1 aliphatic rings. The maximum Gasteiger partial charge on any atom is 0.119 e. The normalized spacial score (nSPS) is 15.6. The summed E-state index contributed by atoms with van der Waals surface area (Å²) in [6.45, 7) is 7.15. The van der Waals surface area contributed by atoms with E-state index < -0.39 is 0 Å². The molecule has 1 rings (SSSR count). The number of nitriles is 1. The van der Waals surface area contributed by atoms with Crippen molar-refractivity contribution < 1.29 is 4.74 Å². The summed E-state index contributed by atoms with van der Waals surface area (Å²) in [4.78, 5) is 0. The highest BCUT2D eigenvalue weighted by atomic mass is 16.5. The zero-order valence-corrected chi connectivity index (χ0v) is 6.97. The summed E-state index contributed by atoms with van der Waals surface area (Å²) < 4.78 is 5.31. The van der Waals surface area contributed by atoms with E-state index in [1.54, 1.807) is 6.08 Å². The lowest BCUT2D eigenvalue weighted by Gasteiger charge is -2.04. The number of nitrogens with zero attached hydrogens (tertiary/aromatic N) is 1. The Hall–Kier alpha value is -1.49. The van der Waals surface area contributed by atoms with Crippen LogP contribution in [0.25, 0.3) is 0 Å². The second-order valence-electron chi connectivity index (χ2n) is 2.64. The first-order valence-electron chi connectivity index (χ1n) is 3.89. The lowest BCUT2D eigenvalue weighted by atomic mass is 10.3. The van der Waals surface area contributed by atoms with Gasteiger partial charge < -0.3 is 4.74 Å². The molecule has 0 atom stereocenters. The predicted octanol–water partition coefficient (Wildman–Crippen LogP) is 2.66. The average Bonchev–Trinajstić information content (AvgIpc) is 2.51. The summed E-state index contributed by atoms with van der Waals surface area (Å²) in [6.07, 6.45) is 4.22. The number of allylic oxidation sites excluding steroid dienone is 3. The highest BCUT2D eigenvalue weighted by Gasteiger charge is 2.15. The smallest absolute Gasteiger partial charge is 0.119 e. The molecule has 0 aromatic rings. The van der Waals surface area contributed by atoms with Crippen LogP contribution in [-0.4, -0.2) is 0 Å². The highest BCUT2D eigenvalue weighted by Crippen LogP contribution is 2.27. The summed E-state index contributed by atoms with van der Waals surface area (Å²) in [7, 11) is 0. The van der Waals surface area contributed by atoms with E-state index in [4.69, 9.17) is 10.00 Å². The third-order valence-electron chi connectivity index (χ3n) is 1.78. The summed E-state index contributed by atoms with van der Waals surface area (Å²) in [5.74, 6) is 1.28. The van der Waals surface area contributed by atoms with Crippen LogP contribution in [0.3, 0.4) is 0 Å². The number of ether oxygens (including phenoxy) is 1. The minimum Gasteiger partial charge on any atom is -0.461 e. The van der Waals surface area contributed by atoms with Gasteiger partial charge in [0.1, 0.15) is 11.5 Å². The van der Waals surface area contributed by atoms with Gasteiger partial charge in [-0.05, 0) is 18.9 Å². The van der Waals surface area contributed by atoms with E-state index in [0.29, 0.717) is 5.76 Å². The zero-order chi connectivity index (χ0) is 8.97. The van der Waals surface area contributed by atoms with Gasteiger partial charge in [0.15, 0.2) is 0 Å². The van der Waals surface area contributed by atoms with Crippen LogP contribution >= 0.6 is 0 Å². The van der Waals surface area contributed by atoms with E-state index >= 15 is 0 Å². The molecule has 0 saturated carbocycles. The van der Waals surface area contributed by atoms with Gasteiger partial charge >= 0.3 is 0 Å². The molecule has 0 heterocycles. The van der Waals surface area contributed by atoms with Gasteiger partial charge in [0.05, 0.1) is 11.6 Å². The predicted molar refractivity (Wildman–Crippen MR) is 46.9 cm³/mol. The Bertz CT molecular complexity index is 281. The topological polar surface area (TPSA) is 33.0 Å². The van der Waals surface area contributed by atoms with Crippen LogP contribution in [0.1, 0.15) is 19.3 Å². The maximum absolute atomic E-state index is 8.68. The highest BCUT2D eigenvalue weighted by molar-refractivity contribution is 5.29. The van der Waals surface area contributed by atoms with Crippen molar-refractivity contribution in [2.24, 2.45) is 0 Å². The molecule has 0 radical (unpaired) electrons. The molecule has 0 fully saturated rings. The van der Waals surface area contributed by atoms with Crippen molar-refractivity contribution in [2.75, 3.05) is 0 Å². The van der Waals surface area contributed by atoms with E-state index in [-0.39, 0.29) is 0 Å². The van der Waals surface area contributed by atoms with Gasteiger partial charge in [-0.1, -0.05) is 13.2 Å². The van der Waals surface area contributed by atoms with E-state index in [0.717, 1.165) is 30.6 Å². The molecule has 0 bridgehead atoms. The van der Waals surface area contributed by atoms with Crippen molar-refractivity contribution in [1.29, 1.82) is 5.26 Å². The van der Waals surface area contributed by atoms with E-state index in [1.807, 2.05) is 0 Å². The second-order valence-corrected chi connectivity index (χ2v) is 2.64. The van der Waals surface area contributed by atoms with Crippen molar-refractivity contribution in [3.8, 4) is 6.07 Å². The first kappa shape index (κ1) is 8.61. The minimum atomic E-state index is 0.514. The van der Waals surface area contributed by atoms with Gasteiger partial charge in [0.2, 0.25) is 0 Å². The number of rotatable bonds is 3. The van der Waals surface area contributed by atoms with Gasteiger partial charge in [0.25, 0.3) is 0 Å². The van der Waals surface area contributed by atoms with E-state index in [2.05, 4.69) is 19.2 Å². The Morgan fingerprint density at radius 2 is 2.33 bits per heavy atom. The Kier molecular flexibility index (Phi) is 2.71. The quantitative estimate of drug-likeness (QED) is 0.471. The molecule has 0 N–H and O–H groups in total. The largest absolute Gasteiger partial charge is 0.461 e. The van der Waals surface area contributed by atoms with Crippen LogP contribution in [-0.2, 0) is 4.74 Å². The lowest BCUT2D eigenvalue weighted by molar-refractivity contribution is 0.311. The first-order chi connectivity index (χ1) is 5.77. The number of hydrogen-bond acceptors (Lipinski definition) is 2. The van der Waals surface area contributed by atoms with Gasteiger partial charge in [-0.15, -0.1) is 0 Å². The van der Waals surface area contributed by atoms with Crippen molar-refractivity contribution in [2.45, 2.75) is 19.3 Å². The van der Waals surface area contributed by atoms with Crippen molar-refractivity contribution in [3.63, 3.8) is 0 Å². The van der Waals surface area contributed by atoms with Gasteiger partial charge in [-0.25, -0.2) is 0 Å². The summed E-state index contributed by atoms with van der Waals surface area (Å²) in [6, 6.07) is 2.12. The first-order valence-corrected chi connectivity index (χ1v) is 3.89.